The number of hydrogen-bond donors (Lipinski definition) is 1. The molecule has 2 aromatic heterocycles. The lowest BCUT2D eigenvalue weighted by Gasteiger charge is -2.09. The Hall–Kier alpha value is -2.49. The zero-order valence-electron chi connectivity index (χ0n) is 14.7. The highest BCUT2D eigenvalue weighted by Crippen LogP contribution is 2.20. The molecule has 7 nitrogen and oxygen atoms in total. The highest BCUT2D eigenvalue weighted by molar-refractivity contribution is 7.91. The first-order chi connectivity index (χ1) is 13.0. The number of thiophene rings is 1. The summed E-state index contributed by atoms with van der Waals surface area (Å²) >= 11 is 1.14. The van der Waals surface area contributed by atoms with Gasteiger partial charge in [-0.15, -0.1) is 11.3 Å². The minimum Gasteiger partial charge on any atom is -0.494 e. The highest BCUT2D eigenvalue weighted by atomic mass is 32.2. The fourth-order valence-corrected chi connectivity index (χ4v) is 4.48. The normalized spacial score (nSPS) is 11.4. The Labute approximate surface area is 161 Å². The molecular weight excluding hydrogens is 386 g/mol. The van der Waals surface area contributed by atoms with Crippen LogP contribution in [0.2, 0.25) is 0 Å². The molecule has 0 atom stereocenters. The minimum absolute atomic E-state index is 0.0693. The van der Waals surface area contributed by atoms with Crippen molar-refractivity contribution in [3.05, 3.63) is 64.3 Å². The van der Waals surface area contributed by atoms with E-state index < -0.39 is 10.0 Å². The number of hydrogen-bond acceptors (Lipinski definition) is 6. The summed E-state index contributed by atoms with van der Waals surface area (Å²) < 4.78 is 33.6. The van der Waals surface area contributed by atoms with E-state index in [1.807, 2.05) is 31.2 Å². The Balaban J connectivity index is 1.71. The molecule has 0 amide bonds. The van der Waals surface area contributed by atoms with Crippen LogP contribution in [-0.4, -0.2) is 31.3 Å². The van der Waals surface area contributed by atoms with Gasteiger partial charge >= 0.3 is 0 Å². The van der Waals surface area contributed by atoms with Crippen LogP contribution in [0.4, 0.5) is 0 Å². The van der Waals surface area contributed by atoms with E-state index in [9.17, 15) is 13.2 Å². The summed E-state index contributed by atoms with van der Waals surface area (Å²) in [6.07, 6.45) is 0. The molecule has 9 heteroatoms. The van der Waals surface area contributed by atoms with Crippen LogP contribution in [0.1, 0.15) is 6.92 Å². The zero-order chi connectivity index (χ0) is 19.3. The zero-order valence-corrected chi connectivity index (χ0v) is 16.3. The third kappa shape index (κ3) is 4.82. The van der Waals surface area contributed by atoms with Gasteiger partial charge in [0.2, 0.25) is 10.0 Å². The van der Waals surface area contributed by atoms with E-state index in [1.165, 1.54) is 16.8 Å². The molecule has 2 heterocycles. The summed E-state index contributed by atoms with van der Waals surface area (Å²) in [5.41, 5.74) is 1.17. The Morgan fingerprint density at radius 2 is 1.93 bits per heavy atom. The molecule has 0 aliphatic carbocycles. The van der Waals surface area contributed by atoms with Gasteiger partial charge in [-0.2, -0.15) is 5.10 Å². The Kier molecular flexibility index (Phi) is 6.04. The van der Waals surface area contributed by atoms with Gasteiger partial charge in [-0.3, -0.25) is 4.79 Å². The quantitative estimate of drug-likeness (QED) is 0.621. The SMILES string of the molecule is CCOc1ccc(-c2ccc(=O)n(CCNS(=O)(=O)c3cccs3)n2)cc1. The second-order valence-electron chi connectivity index (χ2n) is 5.57. The maximum absolute atomic E-state index is 12.1. The van der Waals surface area contributed by atoms with Gasteiger partial charge in [0.15, 0.2) is 0 Å². The molecule has 0 unspecified atom stereocenters. The van der Waals surface area contributed by atoms with Crippen molar-refractivity contribution >= 4 is 21.4 Å². The molecule has 0 fully saturated rings. The summed E-state index contributed by atoms with van der Waals surface area (Å²) in [5.74, 6) is 0.762. The first kappa shape index (κ1) is 19.3. The van der Waals surface area contributed by atoms with Crippen LogP contribution in [0.15, 0.2) is 62.9 Å². The molecule has 0 saturated carbocycles. The van der Waals surface area contributed by atoms with Crippen LogP contribution < -0.4 is 15.0 Å². The van der Waals surface area contributed by atoms with Crippen molar-refractivity contribution in [3.8, 4) is 17.0 Å². The van der Waals surface area contributed by atoms with E-state index in [0.717, 1.165) is 22.6 Å². The number of sulfonamides is 1. The lowest BCUT2D eigenvalue weighted by Crippen LogP contribution is -2.31. The van der Waals surface area contributed by atoms with Gasteiger partial charge < -0.3 is 4.74 Å². The van der Waals surface area contributed by atoms with E-state index in [1.54, 1.807) is 17.5 Å². The Bertz CT molecular complexity index is 1040. The molecule has 0 spiro atoms. The van der Waals surface area contributed by atoms with Gasteiger partial charge in [0.25, 0.3) is 5.56 Å². The topological polar surface area (TPSA) is 90.3 Å². The maximum atomic E-state index is 12.1. The van der Waals surface area contributed by atoms with Crippen LogP contribution in [0.5, 0.6) is 5.75 Å². The van der Waals surface area contributed by atoms with Crippen LogP contribution in [0, 0.1) is 0 Å². The lowest BCUT2D eigenvalue weighted by atomic mass is 10.1. The van der Waals surface area contributed by atoms with Gasteiger partial charge in [-0.1, -0.05) is 6.07 Å². The molecule has 0 radical (unpaired) electrons. The third-order valence-electron chi connectivity index (χ3n) is 3.70. The van der Waals surface area contributed by atoms with Gasteiger partial charge in [0.05, 0.1) is 18.8 Å². The summed E-state index contributed by atoms with van der Waals surface area (Å²) in [7, 11) is -3.56. The molecule has 3 rings (SSSR count). The second kappa shape index (κ2) is 8.47. The maximum Gasteiger partial charge on any atom is 0.266 e. The standard InChI is InChI=1S/C18H19N3O4S2/c1-2-25-15-7-5-14(6-8-15)16-9-10-17(22)21(20-16)12-11-19-27(23,24)18-4-3-13-26-18/h3-10,13,19H,2,11-12H2,1H3. The second-order valence-corrected chi connectivity index (χ2v) is 8.51. The van der Waals surface area contributed by atoms with E-state index in [0.29, 0.717) is 12.3 Å². The van der Waals surface area contributed by atoms with Crippen molar-refractivity contribution in [2.45, 2.75) is 17.7 Å². The molecule has 3 aromatic rings. The predicted octanol–water partition coefficient (Wildman–Crippen LogP) is 2.35. The molecule has 27 heavy (non-hydrogen) atoms. The smallest absolute Gasteiger partial charge is 0.266 e. The van der Waals surface area contributed by atoms with Gasteiger partial charge in [0.1, 0.15) is 9.96 Å². The number of aromatic nitrogens is 2. The van der Waals surface area contributed by atoms with E-state index >= 15 is 0 Å². The average Bonchev–Trinajstić information content (AvgIpc) is 3.20. The van der Waals surface area contributed by atoms with Gasteiger partial charge in [-0.25, -0.2) is 17.8 Å². The van der Waals surface area contributed by atoms with Crippen molar-refractivity contribution in [1.82, 2.24) is 14.5 Å². The lowest BCUT2D eigenvalue weighted by molar-refractivity contribution is 0.340. The van der Waals surface area contributed by atoms with E-state index in [4.69, 9.17) is 4.74 Å². The molecule has 0 aliphatic heterocycles. The molecule has 142 valence electrons. The fourth-order valence-electron chi connectivity index (χ4n) is 2.43. The molecular formula is C18H19N3O4S2. The fraction of sp³-hybridized carbons (Fsp3) is 0.222. The molecule has 0 aliphatic rings. The molecule has 0 saturated heterocycles. The first-order valence-electron chi connectivity index (χ1n) is 8.34. The average molecular weight is 406 g/mol. The Morgan fingerprint density at radius 3 is 2.59 bits per heavy atom. The summed E-state index contributed by atoms with van der Waals surface area (Å²) in [6.45, 7) is 2.70. The minimum atomic E-state index is -3.56. The number of benzene rings is 1. The monoisotopic (exact) mass is 405 g/mol. The third-order valence-corrected chi connectivity index (χ3v) is 6.56. The number of rotatable bonds is 8. The molecule has 0 bridgehead atoms. The van der Waals surface area contributed by atoms with Crippen LogP contribution in [0.3, 0.4) is 0 Å². The van der Waals surface area contributed by atoms with Gasteiger partial charge in [0, 0.05) is 18.2 Å². The first-order valence-corrected chi connectivity index (χ1v) is 10.7. The summed E-state index contributed by atoms with van der Waals surface area (Å²) in [4.78, 5) is 12.0. The highest BCUT2D eigenvalue weighted by Gasteiger charge is 2.14. The largest absolute Gasteiger partial charge is 0.494 e. The number of ether oxygens (including phenoxy) is 1. The van der Waals surface area contributed by atoms with Crippen molar-refractivity contribution in [1.29, 1.82) is 0 Å². The Morgan fingerprint density at radius 1 is 1.15 bits per heavy atom. The van der Waals surface area contributed by atoms with Crippen LogP contribution >= 0.6 is 11.3 Å². The summed E-state index contributed by atoms with van der Waals surface area (Å²) in [6, 6.07) is 13.7. The predicted molar refractivity (Wildman–Crippen MR) is 105 cm³/mol. The van der Waals surface area contributed by atoms with Gasteiger partial charge in [-0.05, 0) is 48.7 Å². The molecule has 1 aromatic carbocycles. The van der Waals surface area contributed by atoms with Crippen molar-refractivity contribution in [2.75, 3.05) is 13.2 Å². The molecule has 1 N–H and O–H groups in total. The van der Waals surface area contributed by atoms with E-state index in [-0.39, 0.29) is 22.9 Å². The van der Waals surface area contributed by atoms with Crippen LogP contribution in [0.25, 0.3) is 11.3 Å². The number of nitrogens with one attached hydrogen (secondary N) is 1. The van der Waals surface area contributed by atoms with Crippen molar-refractivity contribution in [2.24, 2.45) is 0 Å². The number of nitrogens with zero attached hydrogens (tertiary/aromatic N) is 2. The van der Waals surface area contributed by atoms with Crippen molar-refractivity contribution in [3.63, 3.8) is 0 Å². The van der Waals surface area contributed by atoms with Crippen LogP contribution in [-0.2, 0) is 16.6 Å². The summed E-state index contributed by atoms with van der Waals surface area (Å²) in [5, 5.41) is 6.03. The van der Waals surface area contributed by atoms with Crippen molar-refractivity contribution < 1.29 is 13.2 Å². The van der Waals surface area contributed by atoms with E-state index in [2.05, 4.69) is 9.82 Å².